The predicted octanol–water partition coefficient (Wildman–Crippen LogP) is 1.66. The van der Waals surface area contributed by atoms with Crippen molar-refractivity contribution in [3.8, 4) is 11.5 Å². The van der Waals surface area contributed by atoms with Crippen molar-refractivity contribution in [2.45, 2.75) is 20.4 Å². The van der Waals surface area contributed by atoms with Crippen LogP contribution in [0.3, 0.4) is 0 Å². The summed E-state index contributed by atoms with van der Waals surface area (Å²) < 4.78 is 2.35. The SMILES string of the molecule is CCn1nc(C)cc1-c1nc(=S)[nH][nH]1. The molecule has 0 bridgehead atoms. The Kier molecular flexibility index (Phi) is 2.20. The van der Waals surface area contributed by atoms with Crippen molar-refractivity contribution < 1.29 is 0 Å². The van der Waals surface area contributed by atoms with Crippen molar-refractivity contribution in [2.75, 3.05) is 0 Å². The van der Waals surface area contributed by atoms with Gasteiger partial charge in [-0.3, -0.25) is 14.9 Å². The number of aromatic nitrogens is 5. The van der Waals surface area contributed by atoms with Crippen LogP contribution in [-0.2, 0) is 6.54 Å². The molecule has 0 saturated carbocycles. The minimum absolute atomic E-state index is 0.460. The van der Waals surface area contributed by atoms with E-state index in [-0.39, 0.29) is 0 Å². The number of aromatic amines is 2. The monoisotopic (exact) mass is 209 g/mol. The number of nitrogens with one attached hydrogen (secondary N) is 2. The molecule has 2 rings (SSSR count). The molecule has 2 heterocycles. The van der Waals surface area contributed by atoms with Gasteiger partial charge in [-0.1, -0.05) is 0 Å². The molecule has 74 valence electrons. The van der Waals surface area contributed by atoms with Gasteiger partial charge in [0, 0.05) is 6.54 Å². The fourth-order valence-corrected chi connectivity index (χ4v) is 1.51. The van der Waals surface area contributed by atoms with Gasteiger partial charge >= 0.3 is 0 Å². The van der Waals surface area contributed by atoms with Crippen LogP contribution in [-0.4, -0.2) is 25.0 Å². The third-order valence-corrected chi connectivity index (χ3v) is 2.14. The van der Waals surface area contributed by atoms with Crippen molar-refractivity contribution in [3.63, 3.8) is 0 Å². The third kappa shape index (κ3) is 1.48. The first-order chi connectivity index (χ1) is 6.70. The lowest BCUT2D eigenvalue weighted by Gasteiger charge is -1.99. The van der Waals surface area contributed by atoms with E-state index in [1.54, 1.807) is 0 Å². The quantitative estimate of drug-likeness (QED) is 0.739. The molecule has 2 aromatic heterocycles. The molecule has 0 aromatic carbocycles. The number of aryl methyl sites for hydroxylation is 2. The van der Waals surface area contributed by atoms with Crippen LogP contribution >= 0.6 is 12.2 Å². The summed E-state index contributed by atoms with van der Waals surface area (Å²) in [5, 5.41) is 10.00. The molecule has 14 heavy (non-hydrogen) atoms. The molecular weight excluding hydrogens is 198 g/mol. The Hall–Kier alpha value is -1.43. The lowest BCUT2D eigenvalue weighted by molar-refractivity contribution is 0.657. The summed E-state index contributed by atoms with van der Waals surface area (Å²) in [4.78, 5) is 4.15. The predicted molar refractivity (Wildman–Crippen MR) is 55.4 cm³/mol. The summed E-state index contributed by atoms with van der Waals surface area (Å²) in [6.07, 6.45) is 0. The highest BCUT2D eigenvalue weighted by Crippen LogP contribution is 2.15. The van der Waals surface area contributed by atoms with Gasteiger partial charge in [0.05, 0.1) is 5.69 Å². The largest absolute Gasteiger partial charge is 0.280 e. The number of rotatable bonds is 2. The Morgan fingerprint density at radius 3 is 2.86 bits per heavy atom. The molecular formula is C8H11N5S. The van der Waals surface area contributed by atoms with Gasteiger partial charge < -0.3 is 0 Å². The fraction of sp³-hybridized carbons (Fsp3) is 0.375. The summed E-state index contributed by atoms with van der Waals surface area (Å²) in [5.74, 6) is 0.734. The lowest BCUT2D eigenvalue weighted by atomic mass is 10.3. The van der Waals surface area contributed by atoms with Gasteiger partial charge in [-0.05, 0) is 32.1 Å². The van der Waals surface area contributed by atoms with Crippen molar-refractivity contribution >= 4 is 12.2 Å². The van der Waals surface area contributed by atoms with Crippen molar-refractivity contribution in [1.29, 1.82) is 0 Å². The first-order valence-corrected chi connectivity index (χ1v) is 4.81. The van der Waals surface area contributed by atoms with Crippen LogP contribution in [0.2, 0.25) is 0 Å². The number of H-pyrrole nitrogens is 2. The van der Waals surface area contributed by atoms with E-state index in [2.05, 4.69) is 20.3 Å². The van der Waals surface area contributed by atoms with E-state index in [1.807, 2.05) is 24.6 Å². The first-order valence-electron chi connectivity index (χ1n) is 4.40. The van der Waals surface area contributed by atoms with E-state index in [0.29, 0.717) is 4.77 Å². The molecule has 0 fully saturated rings. The molecule has 0 aliphatic rings. The summed E-state index contributed by atoms with van der Waals surface area (Å²) >= 11 is 4.89. The van der Waals surface area contributed by atoms with E-state index in [4.69, 9.17) is 12.2 Å². The molecule has 6 heteroatoms. The molecule has 0 aliphatic carbocycles. The molecule has 0 aliphatic heterocycles. The Morgan fingerprint density at radius 2 is 2.29 bits per heavy atom. The maximum atomic E-state index is 4.89. The van der Waals surface area contributed by atoms with Crippen LogP contribution in [0.4, 0.5) is 0 Å². The minimum Gasteiger partial charge on any atom is -0.280 e. The van der Waals surface area contributed by atoms with E-state index >= 15 is 0 Å². The average molecular weight is 209 g/mol. The third-order valence-electron chi connectivity index (χ3n) is 1.95. The van der Waals surface area contributed by atoms with Crippen LogP contribution in [0.1, 0.15) is 12.6 Å². The van der Waals surface area contributed by atoms with E-state index in [9.17, 15) is 0 Å². The zero-order valence-electron chi connectivity index (χ0n) is 8.03. The molecule has 0 atom stereocenters. The second kappa shape index (κ2) is 3.38. The summed E-state index contributed by atoms with van der Waals surface area (Å²) in [7, 11) is 0. The van der Waals surface area contributed by atoms with Gasteiger partial charge in [0.15, 0.2) is 5.82 Å². The van der Waals surface area contributed by atoms with E-state index < -0.39 is 0 Å². The standard InChI is InChI=1S/C8H11N5S/c1-3-13-6(4-5(2)12-13)7-9-8(14)11-10-7/h4H,3H2,1-2H3,(H2,9,10,11,14). The molecule has 0 amide bonds. The number of nitrogens with zero attached hydrogens (tertiary/aromatic N) is 3. The highest BCUT2D eigenvalue weighted by atomic mass is 32.1. The smallest absolute Gasteiger partial charge is 0.213 e. The minimum atomic E-state index is 0.460. The molecule has 5 nitrogen and oxygen atoms in total. The maximum Gasteiger partial charge on any atom is 0.213 e. The highest BCUT2D eigenvalue weighted by Gasteiger charge is 2.08. The van der Waals surface area contributed by atoms with Gasteiger partial charge in [-0.15, -0.1) is 0 Å². The van der Waals surface area contributed by atoms with Crippen LogP contribution in [0.25, 0.3) is 11.5 Å². The van der Waals surface area contributed by atoms with Crippen LogP contribution in [0.5, 0.6) is 0 Å². The molecule has 2 aromatic rings. The maximum absolute atomic E-state index is 4.89. The van der Waals surface area contributed by atoms with Crippen LogP contribution in [0, 0.1) is 11.7 Å². The lowest BCUT2D eigenvalue weighted by Crippen LogP contribution is -1.99. The molecule has 0 spiro atoms. The van der Waals surface area contributed by atoms with E-state index in [0.717, 1.165) is 23.8 Å². The van der Waals surface area contributed by atoms with Gasteiger partial charge in [-0.2, -0.15) is 10.1 Å². The fourth-order valence-electron chi connectivity index (χ4n) is 1.37. The Bertz CT molecular complexity index is 492. The number of hydrogen-bond donors (Lipinski definition) is 2. The second-order valence-corrected chi connectivity index (χ2v) is 3.39. The number of hydrogen-bond acceptors (Lipinski definition) is 3. The summed E-state index contributed by atoms with van der Waals surface area (Å²) in [6.45, 7) is 4.81. The van der Waals surface area contributed by atoms with Crippen molar-refractivity contribution in [1.82, 2.24) is 25.0 Å². The molecule has 0 radical (unpaired) electrons. The average Bonchev–Trinajstić information content (AvgIpc) is 2.71. The topological polar surface area (TPSA) is 62.3 Å². The summed E-state index contributed by atoms with van der Waals surface area (Å²) in [6, 6.07) is 1.98. The van der Waals surface area contributed by atoms with Gasteiger partial charge in [0.1, 0.15) is 5.69 Å². The Labute approximate surface area is 86.2 Å². The zero-order chi connectivity index (χ0) is 10.1. The highest BCUT2D eigenvalue weighted by molar-refractivity contribution is 7.71. The van der Waals surface area contributed by atoms with E-state index in [1.165, 1.54) is 0 Å². The Morgan fingerprint density at radius 1 is 1.50 bits per heavy atom. The Balaban J connectivity index is 2.55. The zero-order valence-corrected chi connectivity index (χ0v) is 8.85. The van der Waals surface area contributed by atoms with Crippen LogP contribution in [0.15, 0.2) is 6.07 Å². The van der Waals surface area contributed by atoms with Gasteiger partial charge in [0.25, 0.3) is 0 Å². The van der Waals surface area contributed by atoms with Crippen LogP contribution < -0.4 is 0 Å². The van der Waals surface area contributed by atoms with Crippen molar-refractivity contribution in [3.05, 3.63) is 16.5 Å². The molecule has 2 N–H and O–H groups in total. The first kappa shape index (κ1) is 9.14. The molecule has 0 saturated heterocycles. The molecule has 0 unspecified atom stereocenters. The normalized spacial score (nSPS) is 10.7. The second-order valence-electron chi connectivity index (χ2n) is 3.00. The summed E-state index contributed by atoms with van der Waals surface area (Å²) in [5.41, 5.74) is 1.93. The van der Waals surface area contributed by atoms with Gasteiger partial charge in [-0.25, -0.2) is 0 Å². The van der Waals surface area contributed by atoms with Gasteiger partial charge in [0.2, 0.25) is 4.77 Å². The van der Waals surface area contributed by atoms with Crippen molar-refractivity contribution in [2.24, 2.45) is 0 Å².